The number of rotatable bonds is 3. The van der Waals surface area contributed by atoms with Gasteiger partial charge in [-0.15, -0.1) is 0 Å². The summed E-state index contributed by atoms with van der Waals surface area (Å²) in [5.74, 6) is -0.171. The molecule has 1 aromatic carbocycles. The van der Waals surface area contributed by atoms with Crippen LogP contribution in [0, 0.1) is 5.92 Å². The van der Waals surface area contributed by atoms with E-state index in [2.05, 4.69) is 29.4 Å². The van der Waals surface area contributed by atoms with Crippen LogP contribution in [0.5, 0.6) is 0 Å². The molecule has 1 aromatic heterocycles. The lowest BCUT2D eigenvalue weighted by Gasteiger charge is -2.17. The second-order valence-corrected chi connectivity index (χ2v) is 4.77. The van der Waals surface area contributed by atoms with Gasteiger partial charge in [0.05, 0.1) is 0 Å². The smallest absolute Gasteiger partial charge is 0.128 e. The minimum atomic E-state index is -0.171. The Bertz CT molecular complexity index is 625. The van der Waals surface area contributed by atoms with Gasteiger partial charge in [-0.2, -0.15) is 0 Å². The Balaban J connectivity index is 0.000000704. The number of nitrogens with two attached hydrogens (primary N) is 1. The molecule has 20 heavy (non-hydrogen) atoms. The molecular formula is C17H22N2O. The largest absolute Gasteiger partial charge is 0.361 e. The first-order chi connectivity index (χ1) is 9.83. The predicted molar refractivity (Wildman–Crippen MR) is 84.6 cm³/mol. The van der Waals surface area contributed by atoms with Gasteiger partial charge in [0, 0.05) is 29.6 Å². The molecule has 3 nitrogen and oxygen atoms in total. The number of aryl methyl sites for hydroxylation is 1. The molecule has 0 radical (unpaired) electrons. The number of aromatic nitrogens is 1. The molecule has 1 unspecified atom stereocenters. The zero-order valence-corrected chi connectivity index (χ0v) is 12.1. The van der Waals surface area contributed by atoms with Crippen molar-refractivity contribution in [2.24, 2.45) is 11.7 Å². The second kappa shape index (κ2) is 6.53. The quantitative estimate of drug-likeness (QED) is 0.841. The van der Waals surface area contributed by atoms with Crippen molar-refractivity contribution in [2.45, 2.75) is 26.7 Å². The van der Waals surface area contributed by atoms with Crippen LogP contribution in [0.25, 0.3) is 16.5 Å². The zero-order chi connectivity index (χ0) is 14.5. The Hall–Kier alpha value is -1.87. The van der Waals surface area contributed by atoms with Gasteiger partial charge in [0.25, 0.3) is 0 Å². The number of aromatic amines is 1. The number of H-pyrrole nitrogens is 1. The van der Waals surface area contributed by atoms with Crippen LogP contribution < -0.4 is 5.73 Å². The molecule has 0 amide bonds. The summed E-state index contributed by atoms with van der Waals surface area (Å²) in [4.78, 5) is 14.2. The lowest BCUT2D eigenvalue weighted by molar-refractivity contribution is -0.109. The zero-order valence-electron chi connectivity index (χ0n) is 12.1. The number of benzene rings is 1. The molecule has 3 heteroatoms. The first kappa shape index (κ1) is 14.5. The highest BCUT2D eigenvalue weighted by Crippen LogP contribution is 2.36. The summed E-state index contributed by atoms with van der Waals surface area (Å²) in [7, 11) is 0. The lowest BCUT2D eigenvalue weighted by atomic mass is 9.87. The molecule has 2 aromatic rings. The van der Waals surface area contributed by atoms with Crippen molar-refractivity contribution in [3.63, 3.8) is 0 Å². The highest BCUT2D eigenvalue weighted by Gasteiger charge is 2.18. The van der Waals surface area contributed by atoms with E-state index >= 15 is 0 Å². The molecule has 0 aliphatic heterocycles. The van der Waals surface area contributed by atoms with Crippen molar-refractivity contribution in [1.82, 2.24) is 4.98 Å². The highest BCUT2D eigenvalue weighted by molar-refractivity contribution is 5.97. The fraction of sp³-hybridized carbons (Fsp3) is 0.353. The number of allylic oxidation sites excluding steroid dienone is 1. The van der Waals surface area contributed by atoms with Crippen molar-refractivity contribution in [3.8, 4) is 0 Å². The summed E-state index contributed by atoms with van der Waals surface area (Å²) in [5.41, 5.74) is 10.6. The fourth-order valence-electron chi connectivity index (χ4n) is 2.72. The first-order valence-electron chi connectivity index (χ1n) is 7.29. The van der Waals surface area contributed by atoms with Gasteiger partial charge < -0.3 is 15.5 Å². The van der Waals surface area contributed by atoms with Crippen LogP contribution in [0.15, 0.2) is 30.5 Å². The van der Waals surface area contributed by atoms with Gasteiger partial charge in [-0.1, -0.05) is 32.1 Å². The van der Waals surface area contributed by atoms with E-state index in [0.29, 0.717) is 6.54 Å². The van der Waals surface area contributed by atoms with Crippen LogP contribution in [0.2, 0.25) is 0 Å². The summed E-state index contributed by atoms with van der Waals surface area (Å²) in [5, 5.41) is 1.30. The average molecular weight is 270 g/mol. The third-order valence-corrected chi connectivity index (χ3v) is 3.66. The van der Waals surface area contributed by atoms with Crippen LogP contribution in [0.1, 0.15) is 31.4 Å². The molecule has 0 saturated heterocycles. The molecule has 0 bridgehead atoms. The molecule has 3 rings (SSSR count). The summed E-state index contributed by atoms with van der Waals surface area (Å²) >= 11 is 0. The van der Waals surface area contributed by atoms with E-state index < -0.39 is 0 Å². The van der Waals surface area contributed by atoms with Crippen LogP contribution in [0.3, 0.4) is 0 Å². The molecule has 1 atom stereocenters. The fourth-order valence-corrected chi connectivity index (χ4v) is 2.72. The van der Waals surface area contributed by atoms with Crippen molar-refractivity contribution in [3.05, 3.63) is 41.6 Å². The van der Waals surface area contributed by atoms with Gasteiger partial charge in [-0.3, -0.25) is 0 Å². The first-order valence-corrected chi connectivity index (χ1v) is 7.29. The maximum absolute atomic E-state index is 10.9. The van der Waals surface area contributed by atoms with Gasteiger partial charge in [0.2, 0.25) is 0 Å². The molecule has 3 N–H and O–H groups in total. The maximum Gasteiger partial charge on any atom is 0.128 e. The Morgan fingerprint density at radius 2 is 2.15 bits per heavy atom. The monoisotopic (exact) mass is 270 g/mol. The molecule has 0 spiro atoms. The minimum Gasteiger partial charge on any atom is -0.361 e. The van der Waals surface area contributed by atoms with Crippen LogP contribution in [0.4, 0.5) is 0 Å². The molecule has 0 saturated carbocycles. The van der Waals surface area contributed by atoms with Crippen LogP contribution >= 0.6 is 0 Å². The number of hydrogen-bond acceptors (Lipinski definition) is 2. The van der Waals surface area contributed by atoms with E-state index in [-0.39, 0.29) is 5.92 Å². The molecule has 0 fully saturated rings. The summed E-state index contributed by atoms with van der Waals surface area (Å²) in [6.07, 6.45) is 7.05. The van der Waals surface area contributed by atoms with E-state index in [0.717, 1.165) is 19.1 Å². The van der Waals surface area contributed by atoms with E-state index in [1.165, 1.54) is 27.6 Å². The Morgan fingerprint density at radius 3 is 2.85 bits per heavy atom. The van der Waals surface area contributed by atoms with Gasteiger partial charge in [0.1, 0.15) is 6.29 Å². The predicted octanol–water partition coefficient (Wildman–Crippen LogP) is 3.30. The maximum atomic E-state index is 10.9. The standard InChI is InChI=1S/C15H16N2O.C2H6/c16-7-10(9-18)6-11-4-5-12-8-17-14-3-1-2-13(11)15(12)14;1-2/h1-3,6,8-10,17H,4-5,7,16H2;1-2H3/b11-6+;. The van der Waals surface area contributed by atoms with Gasteiger partial charge >= 0.3 is 0 Å². The number of aldehydes is 1. The normalized spacial score (nSPS) is 16.6. The van der Waals surface area contributed by atoms with Crippen LogP contribution in [-0.4, -0.2) is 17.8 Å². The Morgan fingerprint density at radius 1 is 1.35 bits per heavy atom. The van der Waals surface area contributed by atoms with Crippen molar-refractivity contribution in [2.75, 3.05) is 6.54 Å². The lowest BCUT2D eigenvalue weighted by Crippen LogP contribution is -2.14. The van der Waals surface area contributed by atoms with Crippen molar-refractivity contribution >= 4 is 22.8 Å². The summed E-state index contributed by atoms with van der Waals surface area (Å²) < 4.78 is 0. The third-order valence-electron chi connectivity index (χ3n) is 3.66. The van der Waals surface area contributed by atoms with Crippen molar-refractivity contribution < 1.29 is 4.79 Å². The second-order valence-electron chi connectivity index (χ2n) is 4.77. The van der Waals surface area contributed by atoms with Gasteiger partial charge in [-0.05, 0) is 35.6 Å². The van der Waals surface area contributed by atoms with E-state index in [1.54, 1.807) is 0 Å². The molecule has 1 heterocycles. The van der Waals surface area contributed by atoms with Gasteiger partial charge in [0.15, 0.2) is 0 Å². The Kier molecular flexibility index (Phi) is 4.74. The number of nitrogens with one attached hydrogen (secondary N) is 1. The Labute approximate surface area is 119 Å². The van der Waals surface area contributed by atoms with Crippen LogP contribution in [-0.2, 0) is 11.2 Å². The van der Waals surface area contributed by atoms with E-state index in [9.17, 15) is 4.79 Å². The third kappa shape index (κ3) is 2.54. The number of carbonyl (C=O) groups excluding carboxylic acids is 1. The topological polar surface area (TPSA) is 58.9 Å². The van der Waals surface area contributed by atoms with E-state index in [4.69, 9.17) is 5.73 Å². The average Bonchev–Trinajstić information content (AvgIpc) is 2.94. The summed E-state index contributed by atoms with van der Waals surface area (Å²) in [6.45, 7) is 4.38. The highest BCUT2D eigenvalue weighted by atomic mass is 16.1. The minimum absolute atomic E-state index is 0.171. The van der Waals surface area contributed by atoms with Gasteiger partial charge in [-0.25, -0.2) is 0 Å². The SMILES string of the molecule is CC.NCC(C=O)/C=C1\CCc2c[nH]c3cccc1c23. The number of hydrogen-bond donors (Lipinski definition) is 2. The number of carbonyl (C=O) groups is 1. The molecule has 1 aliphatic rings. The molecule has 106 valence electrons. The van der Waals surface area contributed by atoms with Crippen molar-refractivity contribution in [1.29, 1.82) is 0 Å². The molecule has 1 aliphatic carbocycles. The summed E-state index contributed by atoms with van der Waals surface area (Å²) in [6, 6.07) is 6.27. The molecular weight excluding hydrogens is 248 g/mol. The van der Waals surface area contributed by atoms with E-state index in [1.807, 2.05) is 19.9 Å².